The molecule has 0 aliphatic carbocycles. The van der Waals surface area contributed by atoms with Crippen LogP contribution in [0.25, 0.3) is 0 Å². The standard InChI is InChI=1S/C12H16FNO3S/c13-10-3-1-2-9(6-10)12(15)7-14-11-4-5-18(16,17)8-11/h1-3,6,11-12,14-15H,4-5,7-8H2. The lowest BCUT2D eigenvalue weighted by molar-refractivity contribution is 0.170. The maximum atomic E-state index is 13.0. The molecular formula is C12H16FNO3S. The molecule has 0 saturated carbocycles. The minimum Gasteiger partial charge on any atom is -0.387 e. The van der Waals surface area contributed by atoms with E-state index in [1.54, 1.807) is 6.07 Å². The predicted molar refractivity (Wildman–Crippen MR) is 66.4 cm³/mol. The summed E-state index contributed by atoms with van der Waals surface area (Å²) in [6.07, 6.45) is -0.262. The van der Waals surface area contributed by atoms with Crippen LogP contribution in [0.2, 0.25) is 0 Å². The van der Waals surface area contributed by atoms with Gasteiger partial charge in [-0.05, 0) is 24.1 Å². The Morgan fingerprint density at radius 3 is 2.89 bits per heavy atom. The number of rotatable bonds is 4. The third-order valence-corrected chi connectivity index (χ3v) is 4.83. The number of aliphatic hydroxyl groups is 1. The maximum Gasteiger partial charge on any atom is 0.151 e. The van der Waals surface area contributed by atoms with Crippen molar-refractivity contribution in [2.45, 2.75) is 18.6 Å². The minimum atomic E-state index is -2.92. The molecule has 1 aliphatic rings. The first-order valence-corrected chi connectivity index (χ1v) is 7.66. The SMILES string of the molecule is O=S1(=O)CCC(NCC(O)c2cccc(F)c2)C1. The molecule has 0 bridgehead atoms. The van der Waals surface area contributed by atoms with E-state index in [1.165, 1.54) is 18.2 Å². The Morgan fingerprint density at radius 2 is 2.28 bits per heavy atom. The second kappa shape index (κ2) is 5.34. The van der Waals surface area contributed by atoms with Gasteiger partial charge in [-0.2, -0.15) is 0 Å². The molecule has 1 aliphatic heterocycles. The van der Waals surface area contributed by atoms with Crippen molar-refractivity contribution in [3.63, 3.8) is 0 Å². The van der Waals surface area contributed by atoms with Crippen LogP contribution in [0.5, 0.6) is 0 Å². The van der Waals surface area contributed by atoms with Crippen LogP contribution in [0, 0.1) is 5.82 Å². The highest BCUT2D eigenvalue weighted by molar-refractivity contribution is 7.91. The molecule has 1 fully saturated rings. The van der Waals surface area contributed by atoms with E-state index in [0.29, 0.717) is 12.0 Å². The average Bonchev–Trinajstić information content (AvgIpc) is 2.66. The van der Waals surface area contributed by atoms with Crippen LogP contribution < -0.4 is 5.32 Å². The van der Waals surface area contributed by atoms with Crippen molar-refractivity contribution in [1.82, 2.24) is 5.32 Å². The fourth-order valence-electron chi connectivity index (χ4n) is 2.07. The van der Waals surface area contributed by atoms with E-state index in [2.05, 4.69) is 5.32 Å². The Bertz CT molecular complexity index is 518. The number of sulfone groups is 1. The molecule has 1 aromatic rings. The molecule has 100 valence electrons. The van der Waals surface area contributed by atoms with Gasteiger partial charge in [-0.1, -0.05) is 12.1 Å². The van der Waals surface area contributed by atoms with E-state index in [-0.39, 0.29) is 24.1 Å². The van der Waals surface area contributed by atoms with Crippen LogP contribution in [-0.2, 0) is 9.84 Å². The highest BCUT2D eigenvalue weighted by Gasteiger charge is 2.27. The normalized spacial score (nSPS) is 24.0. The Morgan fingerprint density at radius 1 is 1.50 bits per heavy atom. The number of benzene rings is 1. The van der Waals surface area contributed by atoms with Gasteiger partial charge in [0.1, 0.15) is 5.82 Å². The molecule has 1 heterocycles. The molecule has 1 saturated heterocycles. The third-order valence-electron chi connectivity index (χ3n) is 3.07. The van der Waals surface area contributed by atoms with E-state index >= 15 is 0 Å². The topological polar surface area (TPSA) is 66.4 Å². The second-order valence-corrected chi connectivity index (χ2v) is 6.81. The van der Waals surface area contributed by atoms with Crippen molar-refractivity contribution in [2.75, 3.05) is 18.1 Å². The van der Waals surface area contributed by atoms with Gasteiger partial charge in [0, 0.05) is 12.6 Å². The lowest BCUT2D eigenvalue weighted by Gasteiger charge is -2.15. The first kappa shape index (κ1) is 13.5. The molecular weight excluding hydrogens is 257 g/mol. The monoisotopic (exact) mass is 273 g/mol. The number of hydrogen-bond acceptors (Lipinski definition) is 4. The zero-order valence-electron chi connectivity index (χ0n) is 9.84. The Balaban J connectivity index is 1.87. The fraction of sp³-hybridized carbons (Fsp3) is 0.500. The Kier molecular flexibility index (Phi) is 3.99. The lowest BCUT2D eigenvalue weighted by Crippen LogP contribution is -2.33. The van der Waals surface area contributed by atoms with Crippen LogP contribution in [0.3, 0.4) is 0 Å². The molecule has 18 heavy (non-hydrogen) atoms. The molecule has 2 atom stereocenters. The van der Waals surface area contributed by atoms with Crippen LogP contribution in [0.4, 0.5) is 4.39 Å². The van der Waals surface area contributed by atoms with Crippen molar-refractivity contribution in [2.24, 2.45) is 0 Å². The van der Waals surface area contributed by atoms with Gasteiger partial charge >= 0.3 is 0 Å². The molecule has 0 spiro atoms. The van der Waals surface area contributed by atoms with Crippen LogP contribution in [0.1, 0.15) is 18.1 Å². The fourth-order valence-corrected chi connectivity index (χ4v) is 3.77. The predicted octanol–water partition coefficient (Wildman–Crippen LogP) is 0.636. The van der Waals surface area contributed by atoms with Crippen molar-refractivity contribution in [3.8, 4) is 0 Å². The zero-order chi connectivity index (χ0) is 13.2. The smallest absolute Gasteiger partial charge is 0.151 e. The van der Waals surface area contributed by atoms with E-state index in [0.717, 1.165) is 0 Å². The summed E-state index contributed by atoms with van der Waals surface area (Å²) in [5, 5.41) is 12.9. The van der Waals surface area contributed by atoms with Crippen molar-refractivity contribution >= 4 is 9.84 Å². The van der Waals surface area contributed by atoms with Gasteiger partial charge in [-0.15, -0.1) is 0 Å². The molecule has 0 amide bonds. The van der Waals surface area contributed by atoms with E-state index in [4.69, 9.17) is 0 Å². The number of halogens is 1. The molecule has 0 aromatic heterocycles. The molecule has 2 rings (SSSR count). The van der Waals surface area contributed by atoms with Crippen LogP contribution in [0.15, 0.2) is 24.3 Å². The summed E-state index contributed by atoms with van der Waals surface area (Å²) in [6.45, 7) is 0.226. The summed E-state index contributed by atoms with van der Waals surface area (Å²) in [7, 11) is -2.92. The summed E-state index contributed by atoms with van der Waals surface area (Å²) < 4.78 is 35.5. The summed E-state index contributed by atoms with van der Waals surface area (Å²) in [6, 6.07) is 5.65. The zero-order valence-corrected chi connectivity index (χ0v) is 10.7. The molecule has 6 heteroatoms. The van der Waals surface area contributed by atoms with Gasteiger partial charge in [-0.25, -0.2) is 12.8 Å². The van der Waals surface area contributed by atoms with Crippen molar-refractivity contribution in [3.05, 3.63) is 35.6 Å². The molecule has 1 aromatic carbocycles. The van der Waals surface area contributed by atoms with E-state index in [1.807, 2.05) is 0 Å². The van der Waals surface area contributed by atoms with Gasteiger partial charge in [-0.3, -0.25) is 0 Å². The highest BCUT2D eigenvalue weighted by Crippen LogP contribution is 2.15. The van der Waals surface area contributed by atoms with Gasteiger partial charge in [0.25, 0.3) is 0 Å². The van der Waals surface area contributed by atoms with Crippen LogP contribution in [-0.4, -0.2) is 37.6 Å². The van der Waals surface area contributed by atoms with Gasteiger partial charge < -0.3 is 10.4 Å². The largest absolute Gasteiger partial charge is 0.387 e. The third kappa shape index (κ3) is 3.51. The van der Waals surface area contributed by atoms with Crippen LogP contribution >= 0.6 is 0 Å². The van der Waals surface area contributed by atoms with E-state index < -0.39 is 21.8 Å². The number of aliphatic hydroxyl groups excluding tert-OH is 1. The molecule has 4 nitrogen and oxygen atoms in total. The first-order chi connectivity index (χ1) is 8.46. The minimum absolute atomic E-state index is 0.113. The average molecular weight is 273 g/mol. The van der Waals surface area contributed by atoms with Gasteiger partial charge in [0.05, 0.1) is 17.6 Å². The van der Waals surface area contributed by atoms with Gasteiger partial charge in [0.15, 0.2) is 9.84 Å². The summed E-state index contributed by atoms with van der Waals surface area (Å²) in [5.74, 6) is -0.0844. The molecule has 2 unspecified atom stereocenters. The highest BCUT2D eigenvalue weighted by atomic mass is 32.2. The maximum absolute atomic E-state index is 13.0. The second-order valence-electron chi connectivity index (χ2n) is 4.58. The summed E-state index contributed by atoms with van der Waals surface area (Å²) in [4.78, 5) is 0. The lowest BCUT2D eigenvalue weighted by atomic mass is 10.1. The molecule has 0 radical (unpaired) electrons. The van der Waals surface area contributed by atoms with Crippen molar-refractivity contribution in [1.29, 1.82) is 0 Å². The Hall–Kier alpha value is -0.980. The van der Waals surface area contributed by atoms with Crippen molar-refractivity contribution < 1.29 is 17.9 Å². The van der Waals surface area contributed by atoms with Gasteiger partial charge in [0.2, 0.25) is 0 Å². The van der Waals surface area contributed by atoms with E-state index in [9.17, 15) is 17.9 Å². The summed E-state index contributed by atoms with van der Waals surface area (Å²) in [5.41, 5.74) is 0.489. The quantitative estimate of drug-likeness (QED) is 0.844. The first-order valence-electron chi connectivity index (χ1n) is 5.83. The number of nitrogens with one attached hydrogen (secondary N) is 1. The number of hydrogen-bond donors (Lipinski definition) is 2. The Labute approximate surface area is 106 Å². The summed E-state index contributed by atoms with van der Waals surface area (Å²) >= 11 is 0. The molecule has 2 N–H and O–H groups in total.